The van der Waals surface area contributed by atoms with E-state index in [2.05, 4.69) is 38.2 Å². The third kappa shape index (κ3) is 2.66. The van der Waals surface area contributed by atoms with E-state index < -0.39 is 0 Å². The second kappa shape index (κ2) is 5.97. The minimum Gasteiger partial charge on any atom is -0.340 e. The van der Waals surface area contributed by atoms with E-state index in [0.29, 0.717) is 5.39 Å². The number of nitrogens with zero attached hydrogens (tertiary/aromatic N) is 2. The van der Waals surface area contributed by atoms with E-state index in [1.54, 1.807) is 4.57 Å². The monoisotopic (exact) mass is 308 g/mol. The Balaban J connectivity index is 2.39. The van der Waals surface area contributed by atoms with E-state index in [1.807, 2.05) is 37.4 Å². The highest BCUT2D eigenvalue weighted by Crippen LogP contribution is 2.18. The first-order valence-corrected chi connectivity index (χ1v) is 7.91. The summed E-state index contributed by atoms with van der Waals surface area (Å²) in [7, 11) is 2.00. The normalized spacial score (nSPS) is 12.5. The minimum atomic E-state index is -0.0115. The van der Waals surface area contributed by atoms with Gasteiger partial charge in [-0.05, 0) is 56.2 Å². The first kappa shape index (κ1) is 15.4. The molecule has 0 fully saturated rings. The maximum atomic E-state index is 13.1. The number of hydrogen-bond acceptors (Lipinski definition) is 2. The summed E-state index contributed by atoms with van der Waals surface area (Å²) >= 11 is 0. The standard InChI is InChI=1S/C19H21N3O/c1-12-9-10-15(11-13(12)2)22-18(14(3)20-4)21-17-8-6-5-7-16(17)19(22)23/h5-11,14,20H,1-4H3/p+1/t14-/m1/s1. The summed E-state index contributed by atoms with van der Waals surface area (Å²) in [5.41, 5.74) is 4.00. The van der Waals surface area contributed by atoms with Gasteiger partial charge in [0.05, 0.1) is 23.6 Å². The fourth-order valence-electron chi connectivity index (χ4n) is 2.72. The Hall–Kier alpha value is -2.46. The van der Waals surface area contributed by atoms with Crippen molar-refractivity contribution in [3.05, 3.63) is 69.8 Å². The van der Waals surface area contributed by atoms with Crippen LogP contribution in [0.15, 0.2) is 47.3 Å². The van der Waals surface area contributed by atoms with Crippen LogP contribution in [0.4, 0.5) is 0 Å². The van der Waals surface area contributed by atoms with Crippen molar-refractivity contribution in [3.63, 3.8) is 0 Å². The van der Waals surface area contributed by atoms with Crippen molar-refractivity contribution in [1.82, 2.24) is 9.55 Å². The molecule has 0 amide bonds. The van der Waals surface area contributed by atoms with Gasteiger partial charge in [-0.2, -0.15) is 0 Å². The molecule has 2 N–H and O–H groups in total. The van der Waals surface area contributed by atoms with Crippen LogP contribution in [0.3, 0.4) is 0 Å². The maximum absolute atomic E-state index is 13.1. The number of quaternary nitrogens is 1. The van der Waals surface area contributed by atoms with Crippen LogP contribution in [0.5, 0.6) is 0 Å². The molecule has 4 nitrogen and oxygen atoms in total. The summed E-state index contributed by atoms with van der Waals surface area (Å²) in [6.45, 7) is 6.20. The Kier molecular flexibility index (Phi) is 4.01. The molecule has 3 aromatic rings. The Morgan fingerprint density at radius 3 is 2.52 bits per heavy atom. The average Bonchev–Trinajstić information content (AvgIpc) is 2.57. The van der Waals surface area contributed by atoms with Crippen LogP contribution in [0, 0.1) is 13.8 Å². The molecule has 0 radical (unpaired) electrons. The summed E-state index contributed by atoms with van der Waals surface area (Å²) in [5.74, 6) is 0.777. The molecule has 0 bridgehead atoms. The molecule has 0 saturated carbocycles. The Morgan fingerprint density at radius 1 is 1.09 bits per heavy atom. The molecule has 0 aliphatic carbocycles. The van der Waals surface area contributed by atoms with Gasteiger partial charge in [0.2, 0.25) is 0 Å². The van der Waals surface area contributed by atoms with Crippen molar-refractivity contribution < 1.29 is 5.32 Å². The minimum absolute atomic E-state index is 0.0115. The Labute approximate surface area is 135 Å². The van der Waals surface area contributed by atoms with E-state index in [4.69, 9.17) is 4.98 Å². The summed E-state index contributed by atoms with van der Waals surface area (Å²) in [5, 5.41) is 2.71. The number of aryl methyl sites for hydroxylation is 2. The molecule has 0 aliphatic heterocycles. The first-order chi connectivity index (χ1) is 11.0. The van der Waals surface area contributed by atoms with Crippen LogP contribution in [0.25, 0.3) is 16.6 Å². The highest BCUT2D eigenvalue weighted by Gasteiger charge is 2.19. The predicted octanol–water partition coefficient (Wildman–Crippen LogP) is 2.26. The molecule has 0 spiro atoms. The van der Waals surface area contributed by atoms with Crippen LogP contribution in [-0.2, 0) is 0 Å². The topological polar surface area (TPSA) is 51.5 Å². The van der Waals surface area contributed by atoms with Crippen LogP contribution < -0.4 is 10.9 Å². The van der Waals surface area contributed by atoms with Gasteiger partial charge in [0.1, 0.15) is 6.04 Å². The lowest BCUT2D eigenvalue weighted by Crippen LogP contribution is -2.80. The molecular formula is C19H22N3O+. The largest absolute Gasteiger partial charge is 0.340 e. The second-order valence-electron chi connectivity index (χ2n) is 6.02. The fourth-order valence-corrected chi connectivity index (χ4v) is 2.72. The zero-order chi connectivity index (χ0) is 16.6. The molecule has 0 aliphatic rings. The lowest BCUT2D eigenvalue weighted by atomic mass is 10.1. The van der Waals surface area contributed by atoms with Gasteiger partial charge in [-0.15, -0.1) is 0 Å². The van der Waals surface area contributed by atoms with Gasteiger partial charge in [0.15, 0.2) is 5.82 Å². The number of benzene rings is 2. The molecule has 1 aromatic heterocycles. The molecule has 0 unspecified atom stereocenters. The predicted molar refractivity (Wildman–Crippen MR) is 93.1 cm³/mol. The quantitative estimate of drug-likeness (QED) is 0.807. The van der Waals surface area contributed by atoms with Crippen molar-refractivity contribution in [1.29, 1.82) is 0 Å². The van der Waals surface area contributed by atoms with Crippen molar-refractivity contribution in [2.24, 2.45) is 0 Å². The van der Waals surface area contributed by atoms with Gasteiger partial charge in [0, 0.05) is 0 Å². The van der Waals surface area contributed by atoms with Crippen LogP contribution in [0.1, 0.15) is 29.9 Å². The fraction of sp³-hybridized carbons (Fsp3) is 0.263. The Bertz CT molecular complexity index is 928. The average molecular weight is 308 g/mol. The zero-order valence-corrected chi connectivity index (χ0v) is 14.0. The number of rotatable bonds is 3. The smallest absolute Gasteiger partial charge is 0.266 e. The van der Waals surface area contributed by atoms with E-state index >= 15 is 0 Å². The van der Waals surface area contributed by atoms with Gasteiger partial charge in [-0.25, -0.2) is 4.98 Å². The first-order valence-electron chi connectivity index (χ1n) is 7.91. The number of aromatic nitrogens is 2. The maximum Gasteiger partial charge on any atom is 0.266 e. The van der Waals surface area contributed by atoms with Crippen molar-refractivity contribution in [3.8, 4) is 5.69 Å². The molecule has 2 aromatic carbocycles. The lowest BCUT2D eigenvalue weighted by molar-refractivity contribution is -0.668. The van der Waals surface area contributed by atoms with Gasteiger partial charge in [-0.3, -0.25) is 9.36 Å². The molecule has 4 heteroatoms. The van der Waals surface area contributed by atoms with Gasteiger partial charge >= 0.3 is 0 Å². The second-order valence-corrected chi connectivity index (χ2v) is 6.02. The summed E-state index contributed by atoms with van der Waals surface area (Å²) in [6, 6.07) is 13.7. The lowest BCUT2D eigenvalue weighted by Gasteiger charge is -2.17. The molecule has 0 saturated heterocycles. The number of nitrogens with two attached hydrogens (primary N) is 1. The molecular weight excluding hydrogens is 286 g/mol. The molecule has 1 heterocycles. The van der Waals surface area contributed by atoms with Gasteiger partial charge < -0.3 is 5.32 Å². The van der Waals surface area contributed by atoms with Crippen molar-refractivity contribution in [2.75, 3.05) is 7.05 Å². The molecule has 3 rings (SSSR count). The van der Waals surface area contributed by atoms with Crippen LogP contribution in [-0.4, -0.2) is 16.6 Å². The Morgan fingerprint density at radius 2 is 1.83 bits per heavy atom. The van der Waals surface area contributed by atoms with Gasteiger partial charge in [0.25, 0.3) is 5.56 Å². The van der Waals surface area contributed by atoms with Crippen molar-refractivity contribution in [2.45, 2.75) is 26.8 Å². The van der Waals surface area contributed by atoms with Crippen LogP contribution >= 0.6 is 0 Å². The summed E-state index contributed by atoms with van der Waals surface area (Å²) in [6.07, 6.45) is 0. The van der Waals surface area contributed by atoms with Crippen molar-refractivity contribution >= 4 is 10.9 Å². The number of hydrogen-bond donors (Lipinski definition) is 1. The van der Waals surface area contributed by atoms with E-state index in [0.717, 1.165) is 17.0 Å². The third-order valence-corrected chi connectivity index (χ3v) is 4.46. The van der Waals surface area contributed by atoms with E-state index in [9.17, 15) is 4.79 Å². The SMILES string of the molecule is C[NH2+][C@H](C)c1nc2ccccc2c(=O)n1-c1ccc(C)c(C)c1. The number of fused-ring (bicyclic) bond motifs is 1. The van der Waals surface area contributed by atoms with E-state index in [-0.39, 0.29) is 11.6 Å². The summed E-state index contributed by atoms with van der Waals surface area (Å²) < 4.78 is 1.75. The number of para-hydroxylation sites is 1. The van der Waals surface area contributed by atoms with Crippen LogP contribution in [0.2, 0.25) is 0 Å². The zero-order valence-electron chi connectivity index (χ0n) is 14.0. The highest BCUT2D eigenvalue weighted by molar-refractivity contribution is 5.77. The molecule has 1 atom stereocenters. The van der Waals surface area contributed by atoms with Gasteiger partial charge in [-0.1, -0.05) is 18.2 Å². The molecule has 118 valence electrons. The third-order valence-electron chi connectivity index (χ3n) is 4.46. The van der Waals surface area contributed by atoms with E-state index in [1.165, 1.54) is 11.1 Å². The highest BCUT2D eigenvalue weighted by atomic mass is 16.1. The summed E-state index contributed by atoms with van der Waals surface area (Å²) in [4.78, 5) is 17.8. The molecule has 23 heavy (non-hydrogen) atoms.